The summed E-state index contributed by atoms with van der Waals surface area (Å²) in [6, 6.07) is 15.0. The van der Waals surface area contributed by atoms with Crippen LogP contribution in [0.4, 0.5) is 0 Å². The van der Waals surface area contributed by atoms with Crippen LogP contribution in [0.5, 0.6) is 5.75 Å². The average Bonchev–Trinajstić information content (AvgIpc) is 2.76. The maximum absolute atomic E-state index is 9.59. The molecular formula is C25H29N3O. The molecule has 0 bridgehead atoms. The van der Waals surface area contributed by atoms with E-state index in [1.54, 1.807) is 7.11 Å². The molecule has 4 rings (SSSR count). The number of pyridine rings is 1. The smallest absolute Gasteiger partial charge is 0.119 e. The molecule has 0 amide bonds. The third-order valence-electron chi connectivity index (χ3n) is 7.05. The highest BCUT2D eigenvalue weighted by Gasteiger charge is 2.47. The lowest BCUT2D eigenvalue weighted by atomic mass is 9.54. The van der Waals surface area contributed by atoms with Crippen molar-refractivity contribution in [2.24, 2.45) is 22.2 Å². The van der Waals surface area contributed by atoms with E-state index in [1.807, 2.05) is 24.4 Å². The van der Waals surface area contributed by atoms with Gasteiger partial charge in [0.15, 0.2) is 0 Å². The quantitative estimate of drug-likeness (QED) is 0.651. The molecule has 2 aromatic rings. The van der Waals surface area contributed by atoms with Gasteiger partial charge in [0.05, 0.1) is 25.4 Å². The van der Waals surface area contributed by atoms with Crippen molar-refractivity contribution in [1.82, 2.24) is 4.98 Å². The number of hydrogen-bond acceptors (Lipinski definition) is 4. The minimum absolute atomic E-state index is 0.0321. The third-order valence-corrected chi connectivity index (χ3v) is 7.05. The molecule has 0 radical (unpaired) electrons. The number of rotatable bonds is 5. The highest BCUT2D eigenvalue weighted by molar-refractivity contribution is 5.66. The van der Waals surface area contributed by atoms with Crippen LogP contribution in [0.1, 0.15) is 55.3 Å². The molecular weight excluding hydrogens is 358 g/mol. The van der Waals surface area contributed by atoms with E-state index in [2.05, 4.69) is 42.4 Å². The van der Waals surface area contributed by atoms with Gasteiger partial charge in [0.1, 0.15) is 5.75 Å². The molecule has 0 aliphatic heterocycles. The summed E-state index contributed by atoms with van der Waals surface area (Å²) in [6.45, 7) is 2.91. The number of fused-ring (bicyclic) bond motifs is 3. The summed E-state index contributed by atoms with van der Waals surface area (Å²) in [6.07, 6.45) is 8.97. The van der Waals surface area contributed by atoms with Crippen molar-refractivity contribution < 1.29 is 4.74 Å². The lowest BCUT2D eigenvalue weighted by Gasteiger charge is -2.50. The SMILES string of the molecule is COc1ccc2c(c1)CC[C@@H]1[C@@H]2CC[C@](C)(C=NCc2ccccn2)[C@H]1CC#N. The molecule has 2 aliphatic rings. The second kappa shape index (κ2) is 8.37. The highest BCUT2D eigenvalue weighted by Crippen LogP contribution is 2.55. The molecule has 1 heterocycles. The Balaban J connectivity index is 1.57. The van der Waals surface area contributed by atoms with Crippen molar-refractivity contribution in [3.05, 3.63) is 59.4 Å². The molecule has 0 saturated heterocycles. The lowest BCUT2D eigenvalue weighted by Crippen LogP contribution is -2.43. The molecule has 29 heavy (non-hydrogen) atoms. The fourth-order valence-electron chi connectivity index (χ4n) is 5.52. The van der Waals surface area contributed by atoms with Crippen LogP contribution in [-0.2, 0) is 13.0 Å². The van der Waals surface area contributed by atoms with Gasteiger partial charge in [0.2, 0.25) is 0 Å². The Bertz CT molecular complexity index is 917. The summed E-state index contributed by atoms with van der Waals surface area (Å²) in [5.74, 6) is 2.36. The topological polar surface area (TPSA) is 58.3 Å². The van der Waals surface area contributed by atoms with Gasteiger partial charge < -0.3 is 4.74 Å². The molecule has 0 unspecified atom stereocenters. The number of hydrogen-bond donors (Lipinski definition) is 0. The molecule has 4 atom stereocenters. The Kier molecular flexibility index (Phi) is 5.67. The minimum Gasteiger partial charge on any atom is -0.497 e. The van der Waals surface area contributed by atoms with E-state index >= 15 is 0 Å². The number of nitrogens with zero attached hydrogens (tertiary/aromatic N) is 3. The minimum atomic E-state index is -0.0321. The number of methoxy groups -OCH3 is 1. The van der Waals surface area contributed by atoms with Gasteiger partial charge in [-0.2, -0.15) is 5.26 Å². The van der Waals surface area contributed by atoms with Crippen LogP contribution in [0, 0.1) is 28.6 Å². The normalized spacial score (nSPS) is 28.4. The first-order chi connectivity index (χ1) is 14.1. The van der Waals surface area contributed by atoms with E-state index in [0.29, 0.717) is 30.7 Å². The number of nitriles is 1. The van der Waals surface area contributed by atoms with Gasteiger partial charge in [-0.15, -0.1) is 0 Å². The van der Waals surface area contributed by atoms with Crippen molar-refractivity contribution in [3.8, 4) is 11.8 Å². The summed E-state index contributed by atoms with van der Waals surface area (Å²) in [4.78, 5) is 9.13. The fraction of sp³-hybridized carbons (Fsp3) is 0.480. The maximum Gasteiger partial charge on any atom is 0.119 e. The second-order valence-corrected chi connectivity index (χ2v) is 8.68. The molecule has 1 fully saturated rings. The number of benzene rings is 1. The summed E-state index contributed by atoms with van der Waals surface area (Å²) >= 11 is 0. The molecule has 0 N–H and O–H groups in total. The predicted octanol–water partition coefficient (Wildman–Crippen LogP) is 5.34. The monoisotopic (exact) mass is 387 g/mol. The number of ether oxygens (including phenoxy) is 1. The molecule has 4 heteroatoms. The Morgan fingerprint density at radius 3 is 2.97 bits per heavy atom. The number of aromatic nitrogens is 1. The van der Waals surface area contributed by atoms with E-state index < -0.39 is 0 Å². The Morgan fingerprint density at radius 2 is 2.21 bits per heavy atom. The van der Waals surface area contributed by atoms with Crippen LogP contribution in [0.2, 0.25) is 0 Å². The van der Waals surface area contributed by atoms with E-state index in [0.717, 1.165) is 37.1 Å². The Morgan fingerprint density at radius 1 is 1.31 bits per heavy atom. The lowest BCUT2D eigenvalue weighted by molar-refractivity contribution is 0.0895. The number of aliphatic imine (C=N–C) groups is 1. The molecule has 0 spiro atoms. The van der Waals surface area contributed by atoms with Crippen molar-refractivity contribution in [1.29, 1.82) is 5.26 Å². The van der Waals surface area contributed by atoms with Gasteiger partial charge in [-0.3, -0.25) is 9.98 Å². The zero-order chi connectivity index (χ0) is 20.3. The van der Waals surface area contributed by atoms with Gasteiger partial charge in [-0.25, -0.2) is 0 Å². The first-order valence-electron chi connectivity index (χ1n) is 10.6. The van der Waals surface area contributed by atoms with E-state index in [9.17, 15) is 5.26 Å². The largest absolute Gasteiger partial charge is 0.497 e. The summed E-state index contributed by atoms with van der Waals surface area (Å²) in [5.41, 5.74) is 3.85. The molecule has 1 saturated carbocycles. The van der Waals surface area contributed by atoms with Crippen LogP contribution in [0.15, 0.2) is 47.6 Å². The van der Waals surface area contributed by atoms with E-state index in [4.69, 9.17) is 9.73 Å². The number of aryl methyl sites for hydroxylation is 1. The van der Waals surface area contributed by atoms with Crippen molar-refractivity contribution >= 4 is 6.21 Å². The van der Waals surface area contributed by atoms with Crippen LogP contribution in [-0.4, -0.2) is 18.3 Å². The Hall–Kier alpha value is -2.67. The van der Waals surface area contributed by atoms with Gasteiger partial charge in [0, 0.05) is 24.2 Å². The van der Waals surface area contributed by atoms with Crippen LogP contribution < -0.4 is 4.74 Å². The van der Waals surface area contributed by atoms with Crippen molar-refractivity contribution in [2.45, 2.75) is 51.5 Å². The van der Waals surface area contributed by atoms with Crippen LogP contribution >= 0.6 is 0 Å². The summed E-state index contributed by atoms with van der Waals surface area (Å²) in [5, 5.41) is 9.59. The van der Waals surface area contributed by atoms with Gasteiger partial charge in [-0.1, -0.05) is 19.1 Å². The second-order valence-electron chi connectivity index (χ2n) is 8.68. The summed E-state index contributed by atoms with van der Waals surface area (Å²) < 4.78 is 5.42. The molecule has 1 aromatic carbocycles. The van der Waals surface area contributed by atoms with Crippen molar-refractivity contribution in [3.63, 3.8) is 0 Å². The van der Waals surface area contributed by atoms with Crippen LogP contribution in [0.3, 0.4) is 0 Å². The predicted molar refractivity (Wildman–Crippen MR) is 115 cm³/mol. The molecule has 1 aromatic heterocycles. The van der Waals surface area contributed by atoms with E-state index in [-0.39, 0.29) is 5.41 Å². The van der Waals surface area contributed by atoms with Gasteiger partial charge in [0.25, 0.3) is 0 Å². The molecule has 150 valence electrons. The zero-order valence-electron chi connectivity index (χ0n) is 17.3. The van der Waals surface area contributed by atoms with E-state index in [1.165, 1.54) is 11.1 Å². The van der Waals surface area contributed by atoms with Gasteiger partial charge in [-0.05, 0) is 78.8 Å². The third kappa shape index (κ3) is 3.92. The fourth-order valence-corrected chi connectivity index (χ4v) is 5.52. The first-order valence-corrected chi connectivity index (χ1v) is 10.6. The zero-order valence-corrected chi connectivity index (χ0v) is 17.3. The maximum atomic E-state index is 9.59. The van der Waals surface area contributed by atoms with Crippen LogP contribution in [0.25, 0.3) is 0 Å². The standard InChI is InChI=1S/C25H29N3O/c1-25(17-27-16-19-5-3-4-14-28-19)12-10-22-21-9-7-20(29-2)15-18(21)6-8-23(22)24(25)11-13-26/h3-5,7,9,14-15,17,22-24H,6,8,10-12,16H2,1-2H3/t22-,23-,24+,25-/m1/s1. The van der Waals surface area contributed by atoms with Crippen molar-refractivity contribution in [2.75, 3.05) is 7.11 Å². The van der Waals surface area contributed by atoms with Gasteiger partial charge >= 0.3 is 0 Å². The summed E-state index contributed by atoms with van der Waals surface area (Å²) in [7, 11) is 1.73. The molecule has 4 nitrogen and oxygen atoms in total. The Labute approximate surface area is 173 Å². The average molecular weight is 388 g/mol. The molecule has 2 aliphatic carbocycles. The first kappa shape index (κ1) is 19.6. The highest BCUT2D eigenvalue weighted by atomic mass is 16.5.